The maximum atomic E-state index is 14.0. The number of hydrogen-bond donors (Lipinski definition) is 1. The highest BCUT2D eigenvalue weighted by atomic mass is 19.1. The van der Waals surface area contributed by atoms with Crippen molar-refractivity contribution in [3.8, 4) is 0 Å². The lowest BCUT2D eigenvalue weighted by atomic mass is 10.0. The van der Waals surface area contributed by atoms with Crippen LogP contribution in [-0.4, -0.2) is 38.1 Å². The lowest BCUT2D eigenvalue weighted by Crippen LogP contribution is -2.62. The Labute approximate surface area is 110 Å². The number of piperazine rings is 1. The number of halogens is 2. The molecule has 0 bridgehead atoms. The van der Waals surface area contributed by atoms with E-state index in [0.29, 0.717) is 31.9 Å². The van der Waals surface area contributed by atoms with E-state index in [9.17, 15) is 13.6 Å². The second-order valence-corrected chi connectivity index (χ2v) is 4.75. The molecule has 2 aliphatic heterocycles. The smallest absolute Gasteiger partial charge is 0.251 e. The minimum absolute atomic E-state index is 0.132. The molecule has 1 aromatic rings. The topological polar surface area (TPSA) is 35.6 Å². The zero-order chi connectivity index (χ0) is 13.6. The van der Waals surface area contributed by atoms with E-state index in [0.717, 1.165) is 6.07 Å². The molecule has 0 radical (unpaired) electrons. The van der Waals surface area contributed by atoms with Gasteiger partial charge in [-0.05, 0) is 13.0 Å². The highest BCUT2D eigenvalue weighted by molar-refractivity contribution is 6.06. The number of rotatable bonds is 1. The molecule has 3 rings (SSSR count). The Bertz CT molecular complexity index is 535. The highest BCUT2D eigenvalue weighted by Crippen LogP contribution is 2.39. The van der Waals surface area contributed by atoms with Gasteiger partial charge >= 0.3 is 0 Å². The summed E-state index contributed by atoms with van der Waals surface area (Å²) in [6.45, 7) is 3.94. The average Bonchev–Trinajstić information content (AvgIpc) is 2.40. The van der Waals surface area contributed by atoms with E-state index >= 15 is 0 Å². The maximum Gasteiger partial charge on any atom is 0.251 e. The van der Waals surface area contributed by atoms with Crippen molar-refractivity contribution in [2.75, 3.05) is 36.0 Å². The first-order valence-electron chi connectivity index (χ1n) is 6.41. The molecule has 102 valence electrons. The van der Waals surface area contributed by atoms with Crippen LogP contribution in [0.25, 0.3) is 0 Å². The molecule has 1 atom stereocenters. The zero-order valence-corrected chi connectivity index (χ0v) is 10.6. The van der Waals surface area contributed by atoms with Crippen LogP contribution in [0, 0.1) is 11.6 Å². The third-order valence-corrected chi connectivity index (χ3v) is 3.70. The Kier molecular flexibility index (Phi) is 2.89. The molecular formula is C13H15F2N3O. The summed E-state index contributed by atoms with van der Waals surface area (Å²) in [4.78, 5) is 15.6. The van der Waals surface area contributed by atoms with Gasteiger partial charge in [-0.3, -0.25) is 4.79 Å². The molecule has 0 aliphatic carbocycles. The highest BCUT2D eigenvalue weighted by Gasteiger charge is 2.40. The van der Waals surface area contributed by atoms with Crippen LogP contribution in [0.3, 0.4) is 0 Å². The molecule has 1 N–H and O–H groups in total. The fourth-order valence-electron chi connectivity index (χ4n) is 2.86. The molecule has 19 heavy (non-hydrogen) atoms. The van der Waals surface area contributed by atoms with Crippen LogP contribution in [-0.2, 0) is 4.79 Å². The van der Waals surface area contributed by atoms with Crippen LogP contribution in [0.4, 0.5) is 20.2 Å². The number of carbonyl (C=O) groups excluding carboxylic acids is 1. The average molecular weight is 267 g/mol. The summed E-state index contributed by atoms with van der Waals surface area (Å²) in [6.07, 6.45) is 0. The Morgan fingerprint density at radius 2 is 2.21 bits per heavy atom. The zero-order valence-electron chi connectivity index (χ0n) is 10.6. The number of fused-ring (bicyclic) bond motifs is 3. The summed E-state index contributed by atoms with van der Waals surface area (Å²) in [5, 5.41) is 3.14. The fourth-order valence-corrected chi connectivity index (χ4v) is 2.86. The maximum absolute atomic E-state index is 14.0. The van der Waals surface area contributed by atoms with E-state index in [1.54, 1.807) is 11.8 Å². The Morgan fingerprint density at radius 3 is 2.95 bits per heavy atom. The third kappa shape index (κ3) is 1.78. The van der Waals surface area contributed by atoms with Gasteiger partial charge in [-0.15, -0.1) is 0 Å². The molecule has 0 saturated carbocycles. The van der Waals surface area contributed by atoms with Gasteiger partial charge < -0.3 is 15.1 Å². The van der Waals surface area contributed by atoms with Crippen molar-refractivity contribution in [3.05, 3.63) is 23.8 Å². The molecule has 0 aromatic heterocycles. The van der Waals surface area contributed by atoms with Crippen LogP contribution >= 0.6 is 0 Å². The summed E-state index contributed by atoms with van der Waals surface area (Å²) in [6, 6.07) is 1.77. The minimum Gasteiger partial charge on any atom is -0.355 e. The van der Waals surface area contributed by atoms with Crippen LogP contribution in [0.1, 0.15) is 6.92 Å². The van der Waals surface area contributed by atoms with Gasteiger partial charge in [0.15, 0.2) is 5.82 Å². The molecule has 1 unspecified atom stereocenters. The largest absolute Gasteiger partial charge is 0.355 e. The normalized spacial score (nSPS) is 22.3. The van der Waals surface area contributed by atoms with Gasteiger partial charge in [-0.25, -0.2) is 8.78 Å². The SMILES string of the molecule is CCN1C(=O)C2CNCCN2c2cc(F)cc(F)c21. The molecule has 1 saturated heterocycles. The Balaban J connectivity index is 2.19. The van der Waals surface area contributed by atoms with Crippen molar-refractivity contribution >= 4 is 17.3 Å². The quantitative estimate of drug-likeness (QED) is 0.828. The van der Waals surface area contributed by atoms with Crippen LogP contribution in [0.2, 0.25) is 0 Å². The minimum atomic E-state index is -0.679. The molecule has 4 nitrogen and oxygen atoms in total. The fraction of sp³-hybridized carbons (Fsp3) is 0.462. The third-order valence-electron chi connectivity index (χ3n) is 3.70. The lowest BCUT2D eigenvalue weighted by molar-refractivity contribution is -0.120. The number of nitrogens with one attached hydrogen (secondary N) is 1. The van der Waals surface area contributed by atoms with E-state index in [1.807, 2.05) is 0 Å². The predicted molar refractivity (Wildman–Crippen MR) is 68.4 cm³/mol. The number of amides is 1. The number of anilines is 2. The molecular weight excluding hydrogens is 252 g/mol. The molecule has 1 fully saturated rings. The predicted octanol–water partition coefficient (Wildman–Crippen LogP) is 1.11. The standard InChI is InChI=1S/C13H15F2N3O/c1-2-17-12-9(15)5-8(14)6-10(12)18-4-3-16-7-11(18)13(17)19/h5-6,11,16H,2-4,7H2,1H3. The van der Waals surface area contributed by atoms with Crippen LogP contribution < -0.4 is 15.1 Å². The Morgan fingerprint density at radius 1 is 1.42 bits per heavy atom. The first-order valence-corrected chi connectivity index (χ1v) is 6.41. The van der Waals surface area contributed by atoms with Gasteiger partial charge in [0.05, 0.1) is 5.69 Å². The number of hydrogen-bond acceptors (Lipinski definition) is 3. The second kappa shape index (κ2) is 4.45. The summed E-state index contributed by atoms with van der Waals surface area (Å²) in [5.41, 5.74) is 0.678. The first-order chi connectivity index (χ1) is 9.13. The van der Waals surface area contributed by atoms with Gasteiger partial charge in [-0.1, -0.05) is 0 Å². The van der Waals surface area contributed by atoms with E-state index in [-0.39, 0.29) is 17.6 Å². The van der Waals surface area contributed by atoms with Gasteiger partial charge in [0, 0.05) is 32.2 Å². The molecule has 0 spiro atoms. The van der Waals surface area contributed by atoms with Crippen LogP contribution in [0.5, 0.6) is 0 Å². The van der Waals surface area contributed by atoms with Crippen molar-refractivity contribution < 1.29 is 13.6 Å². The van der Waals surface area contributed by atoms with Crippen molar-refractivity contribution in [1.29, 1.82) is 0 Å². The van der Waals surface area contributed by atoms with Gasteiger partial charge in [0.1, 0.15) is 17.5 Å². The van der Waals surface area contributed by atoms with Gasteiger partial charge in [0.25, 0.3) is 5.91 Å². The van der Waals surface area contributed by atoms with E-state index in [1.165, 1.54) is 11.0 Å². The molecule has 2 heterocycles. The number of nitrogens with zero attached hydrogens (tertiary/aromatic N) is 2. The monoisotopic (exact) mass is 267 g/mol. The van der Waals surface area contributed by atoms with Crippen molar-refractivity contribution in [3.63, 3.8) is 0 Å². The molecule has 6 heteroatoms. The number of likely N-dealkylation sites (N-methyl/N-ethyl adjacent to an activating group) is 1. The lowest BCUT2D eigenvalue weighted by Gasteiger charge is -2.45. The Hall–Kier alpha value is -1.69. The van der Waals surface area contributed by atoms with E-state index < -0.39 is 11.6 Å². The van der Waals surface area contributed by atoms with Gasteiger partial charge in [0.2, 0.25) is 0 Å². The van der Waals surface area contributed by atoms with Crippen molar-refractivity contribution in [1.82, 2.24) is 5.32 Å². The molecule has 1 amide bonds. The molecule has 1 aromatic carbocycles. The van der Waals surface area contributed by atoms with E-state index in [2.05, 4.69) is 5.32 Å². The summed E-state index contributed by atoms with van der Waals surface area (Å²) >= 11 is 0. The second-order valence-electron chi connectivity index (χ2n) is 4.75. The molecule has 2 aliphatic rings. The summed E-state index contributed by atoms with van der Waals surface area (Å²) < 4.78 is 27.5. The van der Waals surface area contributed by atoms with E-state index in [4.69, 9.17) is 0 Å². The number of carbonyl (C=O) groups is 1. The number of benzene rings is 1. The van der Waals surface area contributed by atoms with Crippen LogP contribution in [0.15, 0.2) is 12.1 Å². The van der Waals surface area contributed by atoms with Gasteiger partial charge in [-0.2, -0.15) is 0 Å². The first kappa shape index (κ1) is 12.3. The van der Waals surface area contributed by atoms with Crippen molar-refractivity contribution in [2.45, 2.75) is 13.0 Å². The van der Waals surface area contributed by atoms with Crippen molar-refractivity contribution in [2.24, 2.45) is 0 Å². The summed E-state index contributed by atoms with van der Waals surface area (Å²) in [5.74, 6) is -1.42. The summed E-state index contributed by atoms with van der Waals surface area (Å²) in [7, 11) is 0.